The molecule has 2 N–H and O–H groups in total. The molecule has 1 atom stereocenters. The average molecular weight is 388 g/mol. The average Bonchev–Trinajstić information content (AvgIpc) is 2.62. The van der Waals surface area contributed by atoms with Gasteiger partial charge in [-0.1, -0.05) is 38.1 Å². The molecule has 2 aromatic rings. The first kappa shape index (κ1) is 21.3. The van der Waals surface area contributed by atoms with Crippen LogP contribution in [0.4, 0.5) is 0 Å². The van der Waals surface area contributed by atoms with Gasteiger partial charge < -0.3 is 15.2 Å². The lowest BCUT2D eigenvalue weighted by Gasteiger charge is -2.24. The number of ether oxygens (including phenoxy) is 1. The van der Waals surface area contributed by atoms with E-state index in [1.807, 2.05) is 48.5 Å². The first-order valence-corrected chi connectivity index (χ1v) is 10.0. The standard InChI is InChI=1S/C22H29NO3S/c1-16(2)27-20-11-7-17(8-12-20)13-21(24)23-15-22(3,25)14-18-5-9-19(26-4)10-6-18/h5-12,16,25H,13-15H2,1-4H3,(H,23,24)/t22-/m0/s1. The van der Waals surface area contributed by atoms with Crippen LogP contribution in [0.5, 0.6) is 5.75 Å². The van der Waals surface area contributed by atoms with E-state index in [0.29, 0.717) is 18.1 Å². The lowest BCUT2D eigenvalue weighted by Crippen LogP contribution is -2.42. The summed E-state index contributed by atoms with van der Waals surface area (Å²) in [5.41, 5.74) is 0.950. The van der Waals surface area contributed by atoms with Crippen LogP contribution >= 0.6 is 11.8 Å². The zero-order valence-corrected chi connectivity index (χ0v) is 17.3. The molecule has 2 rings (SSSR count). The molecule has 1 amide bonds. The van der Waals surface area contributed by atoms with Crippen LogP contribution in [0.2, 0.25) is 0 Å². The zero-order chi connectivity index (χ0) is 19.9. The third-order valence-corrected chi connectivity index (χ3v) is 5.09. The maximum Gasteiger partial charge on any atom is 0.224 e. The topological polar surface area (TPSA) is 58.6 Å². The molecule has 0 aliphatic rings. The summed E-state index contributed by atoms with van der Waals surface area (Å²) in [6.07, 6.45) is 0.767. The Bertz CT molecular complexity index is 724. The van der Waals surface area contributed by atoms with Gasteiger partial charge in [-0.25, -0.2) is 0 Å². The van der Waals surface area contributed by atoms with Crippen LogP contribution in [0.25, 0.3) is 0 Å². The molecule has 0 heterocycles. The number of nitrogens with one attached hydrogen (secondary N) is 1. The van der Waals surface area contributed by atoms with E-state index in [0.717, 1.165) is 16.9 Å². The van der Waals surface area contributed by atoms with Crippen molar-refractivity contribution in [1.82, 2.24) is 5.32 Å². The number of hydrogen-bond acceptors (Lipinski definition) is 4. The van der Waals surface area contributed by atoms with Gasteiger partial charge in [0.1, 0.15) is 5.75 Å². The fraction of sp³-hybridized carbons (Fsp3) is 0.409. The lowest BCUT2D eigenvalue weighted by molar-refractivity contribution is -0.121. The predicted octanol–water partition coefficient (Wildman–Crippen LogP) is 3.85. The monoisotopic (exact) mass is 387 g/mol. The molecule has 0 unspecified atom stereocenters. The molecule has 0 saturated carbocycles. The van der Waals surface area contributed by atoms with Crippen LogP contribution in [-0.4, -0.2) is 35.5 Å². The molecule has 4 nitrogen and oxygen atoms in total. The molecular formula is C22H29NO3S. The summed E-state index contributed by atoms with van der Waals surface area (Å²) < 4.78 is 5.14. The van der Waals surface area contributed by atoms with E-state index in [1.165, 1.54) is 4.90 Å². The number of hydrogen-bond donors (Lipinski definition) is 2. The Kier molecular flexibility index (Phi) is 7.75. The fourth-order valence-electron chi connectivity index (χ4n) is 2.74. The number of carbonyl (C=O) groups is 1. The summed E-state index contributed by atoms with van der Waals surface area (Å²) in [5, 5.41) is 14.0. The Morgan fingerprint density at radius 1 is 1.11 bits per heavy atom. The molecule has 146 valence electrons. The summed E-state index contributed by atoms with van der Waals surface area (Å²) in [6.45, 7) is 6.25. The van der Waals surface area contributed by atoms with E-state index in [2.05, 4.69) is 19.2 Å². The maximum atomic E-state index is 12.2. The molecule has 0 aliphatic carbocycles. The maximum absolute atomic E-state index is 12.2. The second-order valence-corrected chi connectivity index (χ2v) is 8.94. The van der Waals surface area contributed by atoms with Gasteiger partial charge in [0.05, 0.1) is 19.1 Å². The minimum Gasteiger partial charge on any atom is -0.497 e. The SMILES string of the molecule is COc1ccc(C[C@](C)(O)CNC(=O)Cc2ccc(SC(C)C)cc2)cc1. The number of carbonyl (C=O) groups excluding carboxylic acids is 1. The third kappa shape index (κ3) is 7.65. The predicted molar refractivity (Wildman–Crippen MR) is 111 cm³/mol. The normalized spacial score (nSPS) is 13.3. The number of thioether (sulfide) groups is 1. The van der Waals surface area contributed by atoms with Crippen LogP contribution in [0.3, 0.4) is 0 Å². The van der Waals surface area contributed by atoms with Crippen LogP contribution in [0.1, 0.15) is 31.9 Å². The highest BCUT2D eigenvalue weighted by Gasteiger charge is 2.22. The van der Waals surface area contributed by atoms with E-state index < -0.39 is 5.60 Å². The number of methoxy groups -OCH3 is 1. The second-order valence-electron chi connectivity index (χ2n) is 7.29. The van der Waals surface area contributed by atoms with E-state index in [4.69, 9.17) is 4.74 Å². The Balaban J connectivity index is 1.82. The molecule has 0 fully saturated rings. The van der Waals surface area contributed by atoms with Gasteiger partial charge in [0.25, 0.3) is 0 Å². The molecule has 0 radical (unpaired) electrons. The van der Waals surface area contributed by atoms with Gasteiger partial charge in [0, 0.05) is 23.1 Å². The van der Waals surface area contributed by atoms with Crippen molar-refractivity contribution in [2.45, 2.75) is 49.4 Å². The molecule has 0 bridgehead atoms. The van der Waals surface area contributed by atoms with Gasteiger partial charge >= 0.3 is 0 Å². The third-order valence-electron chi connectivity index (χ3n) is 4.07. The van der Waals surface area contributed by atoms with Crippen molar-refractivity contribution < 1.29 is 14.6 Å². The summed E-state index contributed by atoms with van der Waals surface area (Å²) >= 11 is 1.80. The van der Waals surface area contributed by atoms with Crippen molar-refractivity contribution in [2.24, 2.45) is 0 Å². The number of rotatable bonds is 9. The largest absolute Gasteiger partial charge is 0.497 e. The summed E-state index contributed by atoms with van der Waals surface area (Å²) in [7, 11) is 1.62. The van der Waals surface area contributed by atoms with Crippen molar-refractivity contribution in [2.75, 3.05) is 13.7 Å². The molecule has 0 spiro atoms. The van der Waals surface area contributed by atoms with Gasteiger partial charge in [-0.3, -0.25) is 4.79 Å². The number of amides is 1. The van der Waals surface area contributed by atoms with Crippen LogP contribution < -0.4 is 10.1 Å². The van der Waals surface area contributed by atoms with E-state index in [1.54, 1.807) is 25.8 Å². The Morgan fingerprint density at radius 3 is 2.26 bits per heavy atom. The van der Waals surface area contributed by atoms with Crippen molar-refractivity contribution >= 4 is 17.7 Å². The van der Waals surface area contributed by atoms with Gasteiger partial charge in [0.15, 0.2) is 0 Å². The molecule has 5 heteroatoms. The van der Waals surface area contributed by atoms with Crippen molar-refractivity contribution in [1.29, 1.82) is 0 Å². The van der Waals surface area contributed by atoms with Gasteiger partial charge in [-0.05, 0) is 42.3 Å². The van der Waals surface area contributed by atoms with Gasteiger partial charge in [-0.15, -0.1) is 11.8 Å². The molecule has 0 aliphatic heterocycles. The Hall–Kier alpha value is -1.98. The number of aliphatic hydroxyl groups is 1. The highest BCUT2D eigenvalue weighted by atomic mass is 32.2. The summed E-state index contributed by atoms with van der Waals surface area (Å²) in [6, 6.07) is 15.6. The lowest BCUT2D eigenvalue weighted by atomic mass is 9.96. The molecule has 0 saturated heterocycles. The van der Waals surface area contributed by atoms with Crippen LogP contribution in [0.15, 0.2) is 53.4 Å². The van der Waals surface area contributed by atoms with E-state index in [9.17, 15) is 9.90 Å². The highest BCUT2D eigenvalue weighted by molar-refractivity contribution is 7.99. The molecule has 27 heavy (non-hydrogen) atoms. The van der Waals surface area contributed by atoms with Crippen molar-refractivity contribution in [3.05, 3.63) is 59.7 Å². The molecule has 0 aromatic heterocycles. The Morgan fingerprint density at radius 2 is 1.70 bits per heavy atom. The zero-order valence-electron chi connectivity index (χ0n) is 16.5. The molecule has 2 aromatic carbocycles. The highest BCUT2D eigenvalue weighted by Crippen LogP contribution is 2.23. The van der Waals surface area contributed by atoms with Gasteiger partial charge in [-0.2, -0.15) is 0 Å². The first-order valence-electron chi connectivity index (χ1n) is 9.15. The van der Waals surface area contributed by atoms with Crippen LogP contribution in [-0.2, 0) is 17.6 Å². The second kappa shape index (κ2) is 9.81. The van der Waals surface area contributed by atoms with E-state index >= 15 is 0 Å². The quantitative estimate of drug-likeness (QED) is 0.642. The van der Waals surface area contributed by atoms with E-state index in [-0.39, 0.29) is 12.5 Å². The summed E-state index contributed by atoms with van der Waals surface area (Å²) in [5.74, 6) is 0.693. The number of benzene rings is 2. The van der Waals surface area contributed by atoms with Crippen molar-refractivity contribution in [3.63, 3.8) is 0 Å². The van der Waals surface area contributed by atoms with Gasteiger partial charge in [0.2, 0.25) is 5.91 Å². The minimum absolute atomic E-state index is 0.0886. The first-order chi connectivity index (χ1) is 12.8. The Labute approximate surface area is 166 Å². The molecular weight excluding hydrogens is 358 g/mol. The summed E-state index contributed by atoms with van der Waals surface area (Å²) in [4.78, 5) is 13.4. The smallest absolute Gasteiger partial charge is 0.224 e. The van der Waals surface area contributed by atoms with Crippen molar-refractivity contribution in [3.8, 4) is 5.75 Å². The van der Waals surface area contributed by atoms with Crippen LogP contribution in [0, 0.1) is 0 Å². The minimum atomic E-state index is -1.01. The fourth-order valence-corrected chi connectivity index (χ4v) is 3.58.